The van der Waals surface area contributed by atoms with E-state index in [0.29, 0.717) is 12.8 Å². The van der Waals surface area contributed by atoms with Crippen molar-refractivity contribution in [3.05, 3.63) is 24.3 Å². The lowest BCUT2D eigenvalue weighted by Gasteiger charge is -2.21. The van der Waals surface area contributed by atoms with E-state index in [4.69, 9.17) is 0 Å². The Morgan fingerprint density at radius 1 is 0.489 bits per heavy atom. The van der Waals surface area contributed by atoms with Gasteiger partial charge >= 0.3 is 0 Å². The molecular weight excluding hydrogens is 578 g/mol. The summed E-state index contributed by atoms with van der Waals surface area (Å²) >= 11 is 0. The molecule has 0 aliphatic rings. The summed E-state index contributed by atoms with van der Waals surface area (Å²) in [5.41, 5.74) is -2.10. The highest BCUT2D eigenvalue weighted by Crippen LogP contribution is 2.32. The summed E-state index contributed by atoms with van der Waals surface area (Å²) in [4.78, 5) is 25.9. The van der Waals surface area contributed by atoms with Gasteiger partial charge < -0.3 is 0 Å². The Balaban J connectivity index is 4.23. The molecule has 1 atom stereocenters. The van der Waals surface area contributed by atoms with Crippen LogP contribution in [0.1, 0.15) is 200 Å². The first-order chi connectivity index (χ1) is 23.0. The smallest absolute Gasteiger partial charge is 0.238 e. The molecule has 0 rings (SSSR count). The molecule has 5 heteroatoms. The topological polar surface area (TPSA) is 106 Å². The van der Waals surface area contributed by atoms with E-state index < -0.39 is 11.3 Å². The van der Waals surface area contributed by atoms with Crippen molar-refractivity contribution in [2.45, 2.75) is 200 Å². The van der Waals surface area contributed by atoms with Gasteiger partial charge in [0.15, 0.2) is 0 Å². The lowest BCUT2D eigenvalue weighted by atomic mass is 9.72. The number of hydrogen-bond acceptors (Lipinski definition) is 5. The van der Waals surface area contributed by atoms with Gasteiger partial charge in [0.2, 0.25) is 5.41 Å². The minimum atomic E-state index is -2.10. The van der Waals surface area contributed by atoms with Crippen LogP contribution in [-0.4, -0.2) is 11.6 Å². The summed E-state index contributed by atoms with van der Waals surface area (Å²) in [6.07, 6.45) is 39.9. The lowest BCUT2D eigenvalue weighted by Crippen LogP contribution is -2.34. The van der Waals surface area contributed by atoms with Crippen molar-refractivity contribution in [2.75, 3.05) is 0 Å². The van der Waals surface area contributed by atoms with Crippen molar-refractivity contribution >= 4 is 11.6 Å². The first-order valence-electron chi connectivity index (χ1n) is 19.6. The standard InChI is InChI=1S/C42H69N3O2/c1-3-5-7-9-11-13-15-17-19-21-23-25-27-29-31-33-39(46)35-40(42(36-43,37-44)38-45)41(47)34-32-30-28-26-24-22-20-18-16-14-12-10-8-6-4-2/h17-20,40H,3-16,21-35H2,1-2H3/b19-17-,20-18-. The SMILES string of the molecule is CCCCCCCC/C=C\CCCCCCCC(=O)CC(C(=O)CCCCCCC/C=C\CCCCCCCC)C(C#N)(C#N)C#N. The van der Waals surface area contributed by atoms with E-state index in [9.17, 15) is 25.4 Å². The molecule has 0 heterocycles. The van der Waals surface area contributed by atoms with Crippen LogP contribution in [0.2, 0.25) is 0 Å². The summed E-state index contributed by atoms with van der Waals surface area (Å²) in [6, 6.07) is 5.31. The Morgan fingerprint density at radius 2 is 0.809 bits per heavy atom. The second-order valence-corrected chi connectivity index (χ2v) is 13.6. The monoisotopic (exact) mass is 648 g/mol. The van der Waals surface area contributed by atoms with Crippen molar-refractivity contribution in [3.63, 3.8) is 0 Å². The van der Waals surface area contributed by atoms with Crippen LogP contribution >= 0.6 is 0 Å². The highest BCUT2D eigenvalue weighted by atomic mass is 16.1. The van der Waals surface area contributed by atoms with Gasteiger partial charge in [0.05, 0.1) is 5.92 Å². The number of carbonyl (C=O) groups excluding carboxylic acids is 2. The third-order valence-corrected chi connectivity index (χ3v) is 9.27. The Labute approximate surface area is 290 Å². The second kappa shape index (κ2) is 33.2. The van der Waals surface area contributed by atoms with E-state index in [1.54, 1.807) is 18.2 Å². The average molecular weight is 648 g/mol. The van der Waals surface area contributed by atoms with Gasteiger partial charge in [-0.25, -0.2) is 0 Å². The maximum Gasteiger partial charge on any atom is 0.238 e. The zero-order valence-corrected chi connectivity index (χ0v) is 30.6. The summed E-state index contributed by atoms with van der Waals surface area (Å²) in [5.74, 6) is -1.60. The molecule has 5 nitrogen and oxygen atoms in total. The van der Waals surface area contributed by atoms with Crippen molar-refractivity contribution in [2.24, 2.45) is 11.3 Å². The Hall–Kier alpha value is -2.71. The Bertz CT molecular complexity index is 926. The van der Waals surface area contributed by atoms with Crippen LogP contribution in [0.5, 0.6) is 0 Å². The zero-order chi connectivity index (χ0) is 34.7. The van der Waals surface area contributed by atoms with Crippen LogP contribution in [0.15, 0.2) is 24.3 Å². The highest BCUT2D eigenvalue weighted by Gasteiger charge is 2.45. The molecule has 0 saturated carbocycles. The van der Waals surface area contributed by atoms with Gasteiger partial charge in [0, 0.05) is 19.3 Å². The average Bonchev–Trinajstić information content (AvgIpc) is 3.08. The quantitative estimate of drug-likeness (QED) is 0.0510. The molecule has 0 aromatic heterocycles. The molecule has 47 heavy (non-hydrogen) atoms. The van der Waals surface area contributed by atoms with Gasteiger partial charge in [0.25, 0.3) is 0 Å². The molecular formula is C42H69N3O2. The number of rotatable bonds is 34. The van der Waals surface area contributed by atoms with E-state index in [-0.39, 0.29) is 24.4 Å². The van der Waals surface area contributed by atoms with Gasteiger partial charge in [-0.2, -0.15) is 15.8 Å². The van der Waals surface area contributed by atoms with Gasteiger partial charge in [0.1, 0.15) is 29.8 Å². The predicted octanol–water partition coefficient (Wildman–Crippen LogP) is 12.8. The minimum Gasteiger partial charge on any atom is -0.300 e. The fourth-order valence-electron chi connectivity index (χ4n) is 6.08. The number of Topliss-reactive ketones (excluding diaryl/α,β-unsaturated/α-hetero) is 2. The molecule has 0 saturated heterocycles. The molecule has 0 aliphatic carbocycles. The maximum absolute atomic E-state index is 13.1. The van der Waals surface area contributed by atoms with Crippen LogP contribution in [0, 0.1) is 45.3 Å². The number of nitrogens with zero attached hydrogens (tertiary/aromatic N) is 3. The van der Waals surface area contributed by atoms with Crippen LogP contribution in [0.4, 0.5) is 0 Å². The molecule has 0 radical (unpaired) electrons. The normalized spacial score (nSPS) is 12.2. The van der Waals surface area contributed by atoms with Crippen LogP contribution < -0.4 is 0 Å². The fraction of sp³-hybridized carbons (Fsp3) is 0.786. The number of ketones is 2. The van der Waals surface area contributed by atoms with Crippen LogP contribution in [-0.2, 0) is 9.59 Å². The Kier molecular flexibility index (Phi) is 31.3. The minimum absolute atomic E-state index is 0.129. The predicted molar refractivity (Wildman–Crippen MR) is 196 cm³/mol. The first-order valence-corrected chi connectivity index (χ1v) is 19.6. The molecule has 0 aromatic carbocycles. The van der Waals surface area contributed by atoms with E-state index in [0.717, 1.165) is 70.6 Å². The van der Waals surface area contributed by atoms with E-state index in [2.05, 4.69) is 38.2 Å². The largest absolute Gasteiger partial charge is 0.300 e. The van der Waals surface area contributed by atoms with Gasteiger partial charge in [-0.05, 0) is 64.2 Å². The molecule has 1 unspecified atom stereocenters. The molecule has 0 fully saturated rings. The number of hydrogen-bond donors (Lipinski definition) is 0. The van der Waals surface area contributed by atoms with Gasteiger partial charge in [-0.1, -0.05) is 141 Å². The Morgan fingerprint density at radius 3 is 1.17 bits per heavy atom. The highest BCUT2D eigenvalue weighted by molar-refractivity contribution is 5.89. The van der Waals surface area contributed by atoms with Crippen LogP contribution in [0.25, 0.3) is 0 Å². The van der Waals surface area contributed by atoms with E-state index in [1.807, 2.05) is 0 Å². The maximum atomic E-state index is 13.1. The molecule has 0 amide bonds. The van der Waals surface area contributed by atoms with Gasteiger partial charge in [-0.15, -0.1) is 0 Å². The number of unbranched alkanes of at least 4 members (excludes halogenated alkanes) is 22. The molecule has 0 spiro atoms. The number of nitriles is 3. The summed E-state index contributed by atoms with van der Waals surface area (Å²) in [5, 5.41) is 29.0. The van der Waals surface area contributed by atoms with Crippen molar-refractivity contribution in [3.8, 4) is 18.2 Å². The molecule has 0 N–H and O–H groups in total. The number of allylic oxidation sites excluding steroid dienone is 4. The second-order valence-electron chi connectivity index (χ2n) is 13.6. The summed E-state index contributed by atoms with van der Waals surface area (Å²) in [7, 11) is 0. The van der Waals surface area contributed by atoms with E-state index in [1.165, 1.54) is 89.9 Å². The first kappa shape index (κ1) is 44.3. The molecule has 0 aliphatic heterocycles. The summed E-state index contributed by atoms with van der Waals surface area (Å²) in [6.45, 7) is 4.49. The third kappa shape index (κ3) is 25.0. The van der Waals surface area contributed by atoms with Crippen molar-refractivity contribution in [1.82, 2.24) is 0 Å². The fourth-order valence-corrected chi connectivity index (χ4v) is 6.08. The van der Waals surface area contributed by atoms with Gasteiger partial charge in [-0.3, -0.25) is 9.59 Å². The lowest BCUT2D eigenvalue weighted by molar-refractivity contribution is -0.129. The van der Waals surface area contributed by atoms with E-state index >= 15 is 0 Å². The van der Waals surface area contributed by atoms with Crippen molar-refractivity contribution < 1.29 is 9.59 Å². The third-order valence-electron chi connectivity index (χ3n) is 9.27. The molecule has 0 bridgehead atoms. The molecule has 0 aromatic rings. The van der Waals surface area contributed by atoms with Crippen LogP contribution in [0.3, 0.4) is 0 Å². The molecule has 264 valence electrons. The summed E-state index contributed by atoms with van der Waals surface area (Å²) < 4.78 is 0. The zero-order valence-electron chi connectivity index (χ0n) is 30.6. The number of carbonyl (C=O) groups is 2. The van der Waals surface area contributed by atoms with Crippen molar-refractivity contribution in [1.29, 1.82) is 15.8 Å².